The first kappa shape index (κ1) is 15.4. The van der Waals surface area contributed by atoms with Crippen molar-refractivity contribution in [3.63, 3.8) is 0 Å². The van der Waals surface area contributed by atoms with Gasteiger partial charge in [-0.1, -0.05) is 23.3 Å². The number of rotatable bonds is 7. The van der Waals surface area contributed by atoms with Gasteiger partial charge in [-0.15, -0.1) is 0 Å². The number of carbonyl (C=O) groups is 1. The van der Waals surface area contributed by atoms with Gasteiger partial charge in [0.05, 0.1) is 12.0 Å². The Bertz CT molecular complexity index is 830. The second-order valence-electron chi connectivity index (χ2n) is 5.93. The van der Waals surface area contributed by atoms with Crippen LogP contribution in [0, 0.1) is 5.92 Å². The van der Waals surface area contributed by atoms with Crippen molar-refractivity contribution < 1.29 is 9.21 Å². The number of hydrogen-bond donors (Lipinski definition) is 2. The highest BCUT2D eigenvalue weighted by molar-refractivity contribution is 5.82. The molecule has 0 aliphatic heterocycles. The fourth-order valence-electron chi connectivity index (χ4n) is 2.83. The molecule has 1 aliphatic rings. The SMILES string of the molecule is O=C(NCCNc1nnnn1-c1ccccc1)[C@H]1C[C@@H]1c1ccco1. The fourth-order valence-corrected chi connectivity index (χ4v) is 2.83. The third-order valence-corrected chi connectivity index (χ3v) is 4.21. The third-order valence-electron chi connectivity index (χ3n) is 4.21. The Morgan fingerprint density at radius 1 is 1.20 bits per heavy atom. The summed E-state index contributed by atoms with van der Waals surface area (Å²) in [5.41, 5.74) is 0.873. The van der Waals surface area contributed by atoms with Crippen molar-refractivity contribution in [1.29, 1.82) is 0 Å². The second-order valence-corrected chi connectivity index (χ2v) is 5.93. The molecule has 1 aliphatic carbocycles. The van der Waals surface area contributed by atoms with Crippen LogP contribution >= 0.6 is 0 Å². The number of benzene rings is 1. The van der Waals surface area contributed by atoms with E-state index in [-0.39, 0.29) is 17.7 Å². The molecule has 1 fully saturated rings. The van der Waals surface area contributed by atoms with Crippen LogP contribution in [0.1, 0.15) is 18.1 Å². The number of nitrogens with one attached hydrogen (secondary N) is 2. The predicted octanol–water partition coefficient (Wildman–Crippen LogP) is 1.59. The van der Waals surface area contributed by atoms with Crippen molar-refractivity contribution in [1.82, 2.24) is 25.5 Å². The van der Waals surface area contributed by atoms with Crippen molar-refractivity contribution in [3.05, 3.63) is 54.5 Å². The van der Waals surface area contributed by atoms with Crippen molar-refractivity contribution in [2.24, 2.45) is 5.92 Å². The van der Waals surface area contributed by atoms with Crippen LogP contribution in [0.25, 0.3) is 5.69 Å². The normalized spacial score (nSPS) is 18.7. The second kappa shape index (κ2) is 6.76. The molecule has 0 bridgehead atoms. The number of amides is 1. The predicted molar refractivity (Wildman–Crippen MR) is 90.2 cm³/mol. The summed E-state index contributed by atoms with van der Waals surface area (Å²) in [6, 6.07) is 13.4. The van der Waals surface area contributed by atoms with Gasteiger partial charge < -0.3 is 15.1 Å². The highest BCUT2D eigenvalue weighted by Gasteiger charge is 2.45. The van der Waals surface area contributed by atoms with Crippen LogP contribution in [0.15, 0.2) is 53.1 Å². The summed E-state index contributed by atoms with van der Waals surface area (Å²) in [5, 5.41) is 17.7. The fraction of sp³-hybridized carbons (Fsp3) is 0.294. The summed E-state index contributed by atoms with van der Waals surface area (Å²) < 4.78 is 6.97. The van der Waals surface area contributed by atoms with Crippen molar-refractivity contribution >= 4 is 11.9 Å². The van der Waals surface area contributed by atoms with Crippen LogP contribution in [0.5, 0.6) is 0 Å². The lowest BCUT2D eigenvalue weighted by Gasteiger charge is -2.08. The monoisotopic (exact) mass is 338 g/mol. The molecule has 2 aromatic heterocycles. The maximum absolute atomic E-state index is 12.1. The highest BCUT2D eigenvalue weighted by Crippen LogP contribution is 2.47. The maximum atomic E-state index is 12.1. The van der Waals surface area contributed by atoms with E-state index in [1.807, 2.05) is 42.5 Å². The number of hydrogen-bond acceptors (Lipinski definition) is 6. The molecule has 8 nitrogen and oxygen atoms in total. The largest absolute Gasteiger partial charge is 0.469 e. The molecule has 8 heteroatoms. The molecule has 0 saturated heterocycles. The number of nitrogens with zero attached hydrogens (tertiary/aromatic N) is 4. The number of carbonyl (C=O) groups excluding carboxylic acids is 1. The molecule has 1 aromatic carbocycles. The summed E-state index contributed by atoms with van der Waals surface area (Å²) in [6.07, 6.45) is 2.49. The van der Waals surface area contributed by atoms with E-state index >= 15 is 0 Å². The number of tetrazole rings is 1. The molecule has 0 radical (unpaired) electrons. The molecule has 0 spiro atoms. The van der Waals surface area contributed by atoms with Gasteiger partial charge in [-0.05, 0) is 41.1 Å². The van der Waals surface area contributed by atoms with E-state index in [1.165, 1.54) is 0 Å². The first-order valence-corrected chi connectivity index (χ1v) is 8.22. The number of anilines is 1. The van der Waals surface area contributed by atoms with Crippen LogP contribution < -0.4 is 10.6 Å². The van der Waals surface area contributed by atoms with Gasteiger partial charge in [0, 0.05) is 24.9 Å². The van der Waals surface area contributed by atoms with Gasteiger partial charge in [0.1, 0.15) is 5.76 Å². The molecule has 1 saturated carbocycles. The number of furan rings is 1. The van der Waals surface area contributed by atoms with Crippen molar-refractivity contribution in [2.45, 2.75) is 12.3 Å². The first-order valence-electron chi connectivity index (χ1n) is 8.22. The van der Waals surface area contributed by atoms with Crippen LogP contribution in [0.3, 0.4) is 0 Å². The molecular formula is C17H18N6O2. The summed E-state index contributed by atoms with van der Waals surface area (Å²) in [4.78, 5) is 12.1. The quantitative estimate of drug-likeness (QED) is 0.635. The lowest BCUT2D eigenvalue weighted by Crippen LogP contribution is -2.30. The molecule has 2 atom stereocenters. The molecule has 1 amide bonds. The van der Waals surface area contributed by atoms with Gasteiger partial charge in [0.25, 0.3) is 0 Å². The molecule has 2 N–H and O–H groups in total. The first-order chi connectivity index (χ1) is 12.3. The smallest absolute Gasteiger partial charge is 0.247 e. The molecule has 2 heterocycles. The van der Waals surface area contributed by atoms with Gasteiger partial charge in [0.15, 0.2) is 0 Å². The molecule has 0 unspecified atom stereocenters. The van der Waals surface area contributed by atoms with E-state index in [0.29, 0.717) is 19.0 Å². The van der Waals surface area contributed by atoms with Gasteiger partial charge in [-0.2, -0.15) is 4.68 Å². The topological polar surface area (TPSA) is 97.9 Å². The lowest BCUT2D eigenvalue weighted by atomic mass is 10.2. The van der Waals surface area contributed by atoms with E-state index in [2.05, 4.69) is 26.2 Å². The van der Waals surface area contributed by atoms with E-state index in [4.69, 9.17) is 4.42 Å². The Morgan fingerprint density at radius 2 is 2.08 bits per heavy atom. The van der Waals surface area contributed by atoms with Gasteiger partial charge in [-0.3, -0.25) is 4.79 Å². The van der Waals surface area contributed by atoms with E-state index in [0.717, 1.165) is 17.9 Å². The Kier molecular flexibility index (Phi) is 4.16. The summed E-state index contributed by atoms with van der Waals surface area (Å²) in [7, 11) is 0. The zero-order chi connectivity index (χ0) is 17.1. The standard InChI is InChI=1S/C17H18N6O2/c24-16(14-11-13(14)15-7-4-10-25-15)18-8-9-19-17-20-21-22-23(17)12-5-2-1-3-6-12/h1-7,10,13-14H,8-9,11H2,(H,18,24)(H,19,20,22)/t13-,14-/m0/s1. The minimum atomic E-state index is 0.0146. The summed E-state index contributed by atoms with van der Waals surface area (Å²) in [6.45, 7) is 1.04. The van der Waals surface area contributed by atoms with Crippen molar-refractivity contribution in [3.8, 4) is 5.69 Å². The molecule has 3 aromatic rings. The van der Waals surface area contributed by atoms with E-state index < -0.39 is 0 Å². The Balaban J connectivity index is 1.24. The third kappa shape index (κ3) is 3.37. The Morgan fingerprint density at radius 3 is 2.88 bits per heavy atom. The molecule has 4 rings (SSSR count). The number of aromatic nitrogens is 4. The minimum absolute atomic E-state index is 0.0146. The zero-order valence-electron chi connectivity index (χ0n) is 13.5. The van der Waals surface area contributed by atoms with Crippen molar-refractivity contribution in [2.75, 3.05) is 18.4 Å². The van der Waals surface area contributed by atoms with Gasteiger partial charge in [-0.25, -0.2) is 0 Å². The average Bonchev–Trinajstić information content (AvgIpc) is 3.06. The van der Waals surface area contributed by atoms with Gasteiger partial charge in [0.2, 0.25) is 11.9 Å². The molecular weight excluding hydrogens is 320 g/mol. The Labute approximate surface area is 144 Å². The highest BCUT2D eigenvalue weighted by atomic mass is 16.3. The minimum Gasteiger partial charge on any atom is -0.469 e. The van der Waals surface area contributed by atoms with Crippen LogP contribution in [0.2, 0.25) is 0 Å². The van der Waals surface area contributed by atoms with Crippen LogP contribution in [-0.4, -0.2) is 39.2 Å². The summed E-state index contributed by atoms with van der Waals surface area (Å²) >= 11 is 0. The van der Waals surface area contributed by atoms with Crippen LogP contribution in [-0.2, 0) is 4.79 Å². The Hall–Kier alpha value is -3.16. The molecule has 25 heavy (non-hydrogen) atoms. The number of para-hydroxylation sites is 1. The molecule has 128 valence electrons. The average molecular weight is 338 g/mol. The van der Waals surface area contributed by atoms with E-state index in [9.17, 15) is 4.79 Å². The zero-order valence-corrected chi connectivity index (χ0v) is 13.5. The van der Waals surface area contributed by atoms with E-state index in [1.54, 1.807) is 10.9 Å². The summed E-state index contributed by atoms with van der Waals surface area (Å²) in [5.74, 6) is 1.72. The van der Waals surface area contributed by atoms with Gasteiger partial charge >= 0.3 is 0 Å². The maximum Gasteiger partial charge on any atom is 0.247 e. The lowest BCUT2D eigenvalue weighted by molar-refractivity contribution is -0.122. The van der Waals surface area contributed by atoms with Crippen LogP contribution in [0.4, 0.5) is 5.95 Å².